The summed E-state index contributed by atoms with van der Waals surface area (Å²) in [6.07, 6.45) is -5.45. The van der Waals surface area contributed by atoms with Crippen LogP contribution in [0.2, 0.25) is 0 Å². The molecule has 1 saturated heterocycles. The Bertz CT molecular complexity index is 1480. The molecule has 5 aliphatic carbocycles. The Labute approximate surface area is 286 Å². The lowest BCUT2D eigenvalue weighted by Crippen LogP contribution is -2.81. The molecule has 1 aliphatic heterocycles. The number of likely N-dealkylation sites (tertiary alicyclic amines) is 1. The molecule has 15 atom stereocenters. The van der Waals surface area contributed by atoms with Crippen molar-refractivity contribution in [3.05, 3.63) is 35.9 Å². The van der Waals surface area contributed by atoms with E-state index < -0.39 is 100 Å². The van der Waals surface area contributed by atoms with E-state index >= 15 is 0 Å². The molecule has 0 aromatic heterocycles. The van der Waals surface area contributed by atoms with E-state index in [-0.39, 0.29) is 24.6 Å². The standard InChI is InChI=1S/C36H49NO12/c1-8-37-16-33(17-43-4)22(47-18(2)38)14-23(44-5)35-21-15-34(42)30(48-32(41)20-12-10-9-11-13-20)24(21)36(49-19(3)39,29(40)31(34)46-7)25(28(35)37)26(45-6)27(33)35/h9-13,21-31,40,42H,8,14-17H2,1-7H3/t21-,22?,23?,24+,25?,26?,27-,28-,29?,30?,31?,33?,34+,35?,36-/m1/s1. The lowest BCUT2D eigenvalue weighted by Gasteiger charge is -2.70. The zero-order valence-corrected chi connectivity index (χ0v) is 29.2. The quantitative estimate of drug-likeness (QED) is 0.267. The Morgan fingerprint density at radius 3 is 2.20 bits per heavy atom. The van der Waals surface area contributed by atoms with Crippen LogP contribution < -0.4 is 0 Å². The number of fused-ring (bicyclic) bond motifs is 2. The van der Waals surface area contributed by atoms with Gasteiger partial charge in [-0.3, -0.25) is 14.5 Å². The third kappa shape index (κ3) is 4.21. The largest absolute Gasteiger partial charge is 0.462 e. The molecule has 7 bridgehead atoms. The van der Waals surface area contributed by atoms with Gasteiger partial charge in [-0.1, -0.05) is 25.1 Å². The van der Waals surface area contributed by atoms with E-state index in [0.29, 0.717) is 19.5 Å². The second-order valence-electron chi connectivity index (χ2n) is 15.0. The summed E-state index contributed by atoms with van der Waals surface area (Å²) in [5.74, 6) is -4.24. The molecule has 6 fully saturated rings. The van der Waals surface area contributed by atoms with Crippen LogP contribution in [0.4, 0.5) is 0 Å². The molecule has 0 amide bonds. The fourth-order valence-electron chi connectivity index (χ4n) is 12.7. The molecule has 13 nitrogen and oxygen atoms in total. The highest BCUT2D eigenvalue weighted by Crippen LogP contribution is 2.80. The second kappa shape index (κ2) is 12.0. The summed E-state index contributed by atoms with van der Waals surface area (Å²) in [6.45, 7) is 5.99. The molecule has 1 heterocycles. The predicted molar refractivity (Wildman–Crippen MR) is 170 cm³/mol. The minimum absolute atomic E-state index is 0.0534. The van der Waals surface area contributed by atoms with Crippen molar-refractivity contribution < 1.29 is 57.8 Å². The Balaban J connectivity index is 1.53. The Kier molecular flexibility index (Phi) is 8.49. The van der Waals surface area contributed by atoms with Crippen molar-refractivity contribution in [1.82, 2.24) is 4.90 Å². The van der Waals surface area contributed by atoms with Crippen molar-refractivity contribution in [2.24, 2.45) is 34.5 Å². The average Bonchev–Trinajstić information content (AvgIpc) is 3.44. The van der Waals surface area contributed by atoms with Gasteiger partial charge in [-0.2, -0.15) is 0 Å². The number of esters is 3. The van der Waals surface area contributed by atoms with Crippen LogP contribution in [0.5, 0.6) is 0 Å². The van der Waals surface area contributed by atoms with Crippen molar-refractivity contribution >= 4 is 17.9 Å². The van der Waals surface area contributed by atoms with E-state index in [4.69, 9.17) is 33.2 Å². The normalized spacial score (nSPS) is 47.4. The van der Waals surface area contributed by atoms with Gasteiger partial charge in [0.1, 0.15) is 30.0 Å². The molecule has 0 radical (unpaired) electrons. The number of hydrogen-bond acceptors (Lipinski definition) is 13. The fraction of sp³-hybridized carbons (Fsp3) is 0.750. The first-order chi connectivity index (χ1) is 23.4. The van der Waals surface area contributed by atoms with Gasteiger partial charge in [0.15, 0.2) is 5.60 Å². The SMILES string of the molecule is CCN1CC2(COC)C(OC(C)=O)CC(OC)C34[C@@H]5C[C@@]6(O)C(OC)C(O)[C@](OC(C)=O)(C(C(OC)[C@H]23)[C@@H]14)[C@@H]5C6OC(=O)c1ccccc1. The summed E-state index contributed by atoms with van der Waals surface area (Å²) in [5, 5.41) is 25.5. The van der Waals surface area contributed by atoms with Crippen LogP contribution in [0.3, 0.4) is 0 Å². The number of carbonyl (C=O) groups excluding carboxylic acids is 3. The minimum atomic E-state index is -1.86. The molecule has 1 spiro atoms. The molecule has 49 heavy (non-hydrogen) atoms. The number of rotatable bonds is 10. The highest BCUT2D eigenvalue weighted by Gasteiger charge is 2.92. The summed E-state index contributed by atoms with van der Waals surface area (Å²) in [5.41, 5.74) is -4.92. The summed E-state index contributed by atoms with van der Waals surface area (Å²) in [7, 11) is 6.25. The van der Waals surface area contributed by atoms with Crippen LogP contribution in [-0.2, 0) is 42.7 Å². The van der Waals surface area contributed by atoms with E-state index in [1.54, 1.807) is 51.7 Å². The van der Waals surface area contributed by atoms with Crippen molar-refractivity contribution in [3.63, 3.8) is 0 Å². The van der Waals surface area contributed by atoms with Crippen LogP contribution in [-0.4, -0.2) is 135 Å². The van der Waals surface area contributed by atoms with Gasteiger partial charge in [-0.25, -0.2) is 4.79 Å². The number of benzene rings is 1. The van der Waals surface area contributed by atoms with Crippen LogP contribution in [0.15, 0.2) is 30.3 Å². The van der Waals surface area contributed by atoms with Crippen molar-refractivity contribution in [3.8, 4) is 0 Å². The number of ether oxygens (including phenoxy) is 7. The van der Waals surface area contributed by atoms with Gasteiger partial charge < -0.3 is 43.4 Å². The van der Waals surface area contributed by atoms with Gasteiger partial charge in [0.05, 0.1) is 24.4 Å². The smallest absolute Gasteiger partial charge is 0.338 e. The number of aliphatic hydroxyl groups excluding tert-OH is 1. The van der Waals surface area contributed by atoms with Crippen molar-refractivity contribution in [2.75, 3.05) is 48.1 Å². The topological polar surface area (TPSA) is 160 Å². The maximum atomic E-state index is 13.8. The monoisotopic (exact) mass is 687 g/mol. The van der Waals surface area contributed by atoms with Crippen molar-refractivity contribution in [1.29, 1.82) is 0 Å². The molecule has 2 N–H and O–H groups in total. The van der Waals surface area contributed by atoms with Crippen LogP contribution in [0.1, 0.15) is 44.0 Å². The molecule has 270 valence electrons. The Morgan fingerprint density at radius 2 is 1.63 bits per heavy atom. The van der Waals surface area contributed by atoms with Gasteiger partial charge in [-0.15, -0.1) is 0 Å². The third-order valence-corrected chi connectivity index (χ3v) is 13.4. The maximum Gasteiger partial charge on any atom is 0.338 e. The molecule has 1 aromatic carbocycles. The van der Waals surface area contributed by atoms with Gasteiger partial charge in [0.25, 0.3) is 0 Å². The summed E-state index contributed by atoms with van der Waals surface area (Å²) in [4.78, 5) is 42.2. The number of carbonyl (C=O) groups is 3. The molecule has 13 heteroatoms. The Morgan fingerprint density at radius 1 is 0.918 bits per heavy atom. The molecule has 9 unspecified atom stereocenters. The van der Waals surface area contributed by atoms with E-state index in [0.717, 1.165) is 0 Å². The number of nitrogens with zero attached hydrogens (tertiary/aromatic N) is 1. The maximum absolute atomic E-state index is 13.8. The predicted octanol–water partition coefficient (Wildman–Crippen LogP) is 1.22. The van der Waals surface area contributed by atoms with Crippen LogP contribution >= 0.6 is 0 Å². The second-order valence-corrected chi connectivity index (χ2v) is 15.0. The summed E-state index contributed by atoms with van der Waals surface area (Å²) in [6, 6.07) is 8.12. The van der Waals surface area contributed by atoms with Crippen LogP contribution in [0, 0.1) is 34.5 Å². The molecule has 1 aromatic rings. The average molecular weight is 688 g/mol. The minimum Gasteiger partial charge on any atom is -0.462 e. The number of hydrogen-bond donors (Lipinski definition) is 2. The number of methoxy groups -OCH3 is 4. The first kappa shape index (κ1) is 34.8. The molecule has 6 aliphatic rings. The fourth-order valence-corrected chi connectivity index (χ4v) is 12.7. The third-order valence-electron chi connectivity index (χ3n) is 13.4. The zero-order chi connectivity index (χ0) is 35.3. The first-order valence-corrected chi connectivity index (χ1v) is 17.2. The lowest BCUT2D eigenvalue weighted by molar-refractivity contribution is -0.322. The first-order valence-electron chi connectivity index (χ1n) is 17.2. The number of piperidine rings is 1. The summed E-state index contributed by atoms with van der Waals surface area (Å²) < 4.78 is 43.9. The number of aliphatic hydroxyl groups is 2. The molecule has 5 saturated carbocycles. The van der Waals surface area contributed by atoms with Gasteiger partial charge >= 0.3 is 17.9 Å². The zero-order valence-electron chi connectivity index (χ0n) is 29.2. The summed E-state index contributed by atoms with van der Waals surface area (Å²) >= 11 is 0. The van der Waals surface area contributed by atoms with E-state index in [9.17, 15) is 24.6 Å². The van der Waals surface area contributed by atoms with Gasteiger partial charge in [-0.05, 0) is 31.0 Å². The van der Waals surface area contributed by atoms with Crippen molar-refractivity contribution in [2.45, 2.75) is 87.5 Å². The molecular formula is C36H49NO12. The van der Waals surface area contributed by atoms with Crippen LogP contribution in [0.25, 0.3) is 0 Å². The highest BCUT2D eigenvalue weighted by molar-refractivity contribution is 5.89. The highest BCUT2D eigenvalue weighted by atomic mass is 16.6. The molecule has 7 rings (SSSR count). The van der Waals surface area contributed by atoms with Gasteiger partial charge in [0, 0.05) is 89.9 Å². The molecular weight excluding hydrogens is 638 g/mol. The van der Waals surface area contributed by atoms with E-state index in [1.807, 2.05) is 6.92 Å². The van der Waals surface area contributed by atoms with E-state index in [2.05, 4.69) is 4.90 Å². The van der Waals surface area contributed by atoms with Gasteiger partial charge in [0.2, 0.25) is 0 Å². The lowest BCUT2D eigenvalue weighted by atomic mass is 9.42. The van der Waals surface area contributed by atoms with E-state index in [1.165, 1.54) is 21.0 Å². The Hall–Kier alpha value is -2.65.